The third kappa shape index (κ3) is 6.56. The highest BCUT2D eigenvalue weighted by atomic mass is 16.7. The summed E-state index contributed by atoms with van der Waals surface area (Å²) in [6.45, 7) is 4.68. The van der Waals surface area contributed by atoms with Crippen molar-refractivity contribution in [2.45, 2.75) is 45.8 Å². The van der Waals surface area contributed by atoms with Gasteiger partial charge >= 0.3 is 5.97 Å². The number of rotatable bonds is 11. The summed E-state index contributed by atoms with van der Waals surface area (Å²) in [6, 6.07) is 20.4. The highest BCUT2D eigenvalue weighted by Crippen LogP contribution is 2.35. The molecule has 1 aliphatic heterocycles. The fraction of sp³-hybridized carbons (Fsp3) is 0.310. The third-order valence-electron chi connectivity index (χ3n) is 5.99. The van der Waals surface area contributed by atoms with Crippen molar-refractivity contribution in [1.29, 1.82) is 0 Å². The first-order valence-corrected chi connectivity index (χ1v) is 12.1. The number of aliphatic carboxylic acids is 1. The number of benzene rings is 3. The van der Waals surface area contributed by atoms with Crippen molar-refractivity contribution in [3.05, 3.63) is 89.0 Å². The fourth-order valence-corrected chi connectivity index (χ4v) is 4.18. The smallest absolute Gasteiger partial charge is 0.303 e. The average molecular weight is 490 g/mol. The van der Waals surface area contributed by atoms with E-state index >= 15 is 0 Å². The van der Waals surface area contributed by atoms with Crippen LogP contribution in [0.25, 0.3) is 0 Å². The Labute approximate surface area is 211 Å². The van der Waals surface area contributed by atoms with Gasteiger partial charge in [-0.25, -0.2) is 0 Å². The lowest BCUT2D eigenvalue weighted by atomic mass is 9.95. The first kappa shape index (κ1) is 25.1. The number of carbonyl (C=O) groups excluding carboxylic acids is 1. The Bertz CT molecular complexity index is 1210. The second kappa shape index (κ2) is 11.6. The first-order valence-electron chi connectivity index (χ1n) is 12.1. The number of ether oxygens (including phenoxy) is 3. The van der Waals surface area contributed by atoms with Crippen LogP contribution in [-0.2, 0) is 17.8 Å². The van der Waals surface area contributed by atoms with Crippen molar-refractivity contribution in [3.63, 3.8) is 0 Å². The van der Waals surface area contributed by atoms with Gasteiger partial charge in [-0.05, 0) is 65.8 Å². The van der Waals surface area contributed by atoms with Crippen molar-refractivity contribution < 1.29 is 28.9 Å². The maximum absolute atomic E-state index is 13.6. The van der Waals surface area contributed by atoms with Crippen LogP contribution in [0.3, 0.4) is 0 Å². The van der Waals surface area contributed by atoms with E-state index in [9.17, 15) is 14.7 Å². The van der Waals surface area contributed by atoms with Crippen LogP contribution in [0.2, 0.25) is 0 Å². The minimum absolute atomic E-state index is 0.0578. The van der Waals surface area contributed by atoms with Crippen LogP contribution in [-0.4, -0.2) is 23.8 Å². The second-order valence-electron chi connectivity index (χ2n) is 9.26. The summed E-state index contributed by atoms with van der Waals surface area (Å²) in [5.41, 5.74) is 2.90. The van der Waals surface area contributed by atoms with E-state index in [2.05, 4.69) is 19.2 Å². The topological polar surface area (TPSA) is 94.1 Å². The summed E-state index contributed by atoms with van der Waals surface area (Å²) in [7, 11) is 0. The largest absolute Gasteiger partial charge is 0.489 e. The SMILES string of the molecule is CC(C)CC(NC(=O)c1cc(COc2ccccc2)ccc1CCC(=O)O)c1ccc2c(c1)OCO2. The summed E-state index contributed by atoms with van der Waals surface area (Å²) in [6.07, 6.45) is 0.932. The molecule has 36 heavy (non-hydrogen) atoms. The molecule has 1 atom stereocenters. The van der Waals surface area contributed by atoms with Crippen LogP contribution in [0.1, 0.15) is 59.8 Å². The van der Waals surface area contributed by atoms with Crippen molar-refractivity contribution in [2.75, 3.05) is 6.79 Å². The number of aryl methyl sites for hydroxylation is 1. The molecule has 0 spiro atoms. The molecule has 0 aliphatic carbocycles. The first-order chi connectivity index (χ1) is 17.4. The van der Waals surface area contributed by atoms with E-state index < -0.39 is 5.97 Å². The van der Waals surface area contributed by atoms with Crippen LogP contribution in [0.5, 0.6) is 17.2 Å². The second-order valence-corrected chi connectivity index (χ2v) is 9.26. The average Bonchev–Trinajstić information content (AvgIpc) is 3.34. The molecule has 0 radical (unpaired) electrons. The minimum atomic E-state index is -0.907. The van der Waals surface area contributed by atoms with E-state index in [0.717, 1.165) is 23.3 Å². The number of amides is 1. The third-order valence-corrected chi connectivity index (χ3v) is 5.99. The van der Waals surface area contributed by atoms with Crippen molar-refractivity contribution >= 4 is 11.9 Å². The molecule has 3 aromatic carbocycles. The summed E-state index contributed by atoms with van der Waals surface area (Å²) < 4.78 is 16.8. The summed E-state index contributed by atoms with van der Waals surface area (Å²) in [4.78, 5) is 24.8. The highest BCUT2D eigenvalue weighted by Gasteiger charge is 2.22. The molecule has 0 fully saturated rings. The zero-order valence-corrected chi connectivity index (χ0v) is 20.5. The molecule has 1 aliphatic rings. The van der Waals surface area contributed by atoms with Gasteiger partial charge in [-0.2, -0.15) is 0 Å². The summed E-state index contributed by atoms with van der Waals surface area (Å²) in [5.74, 6) is 1.26. The van der Waals surface area contributed by atoms with Gasteiger partial charge in [0.15, 0.2) is 11.5 Å². The van der Waals surface area contributed by atoms with Crippen LogP contribution in [0.4, 0.5) is 0 Å². The monoisotopic (exact) mass is 489 g/mol. The standard InChI is InChI=1S/C29H31NO6/c1-19(2)14-25(22-10-12-26-27(16-22)36-18-35-26)30-29(33)24-15-20(8-9-21(24)11-13-28(31)32)17-34-23-6-4-3-5-7-23/h3-10,12,15-16,19,25H,11,13-14,17-18H2,1-2H3,(H,30,33)(H,31,32). The molecule has 7 nitrogen and oxygen atoms in total. The molecule has 3 aromatic rings. The lowest BCUT2D eigenvalue weighted by molar-refractivity contribution is -0.136. The Hall–Kier alpha value is -4.00. The molecule has 0 saturated carbocycles. The van der Waals surface area contributed by atoms with Gasteiger partial charge in [0.1, 0.15) is 12.4 Å². The van der Waals surface area contributed by atoms with E-state index in [1.165, 1.54) is 0 Å². The van der Waals surface area contributed by atoms with Crippen LogP contribution in [0.15, 0.2) is 66.7 Å². The minimum Gasteiger partial charge on any atom is -0.489 e. The van der Waals surface area contributed by atoms with Crippen LogP contribution in [0, 0.1) is 5.92 Å². The Morgan fingerprint density at radius 2 is 1.78 bits per heavy atom. The van der Waals surface area contributed by atoms with Gasteiger partial charge in [0.2, 0.25) is 6.79 Å². The lowest BCUT2D eigenvalue weighted by Crippen LogP contribution is -2.30. The van der Waals surface area contributed by atoms with E-state index in [-0.39, 0.29) is 31.6 Å². The number of carboxylic acids is 1. The molecule has 1 unspecified atom stereocenters. The number of hydrogen-bond acceptors (Lipinski definition) is 5. The highest BCUT2D eigenvalue weighted by molar-refractivity contribution is 5.96. The number of para-hydroxylation sites is 1. The Balaban J connectivity index is 1.58. The molecule has 0 aromatic heterocycles. The molecule has 0 bridgehead atoms. The fourth-order valence-electron chi connectivity index (χ4n) is 4.18. The Morgan fingerprint density at radius 1 is 1.00 bits per heavy atom. The molecule has 1 amide bonds. The van der Waals surface area contributed by atoms with Gasteiger partial charge in [0.05, 0.1) is 6.04 Å². The Morgan fingerprint density at radius 3 is 2.53 bits per heavy atom. The molecule has 2 N–H and O–H groups in total. The summed E-state index contributed by atoms with van der Waals surface area (Å²) in [5, 5.41) is 12.4. The maximum Gasteiger partial charge on any atom is 0.303 e. The predicted molar refractivity (Wildman–Crippen MR) is 135 cm³/mol. The van der Waals surface area contributed by atoms with E-state index in [4.69, 9.17) is 14.2 Å². The number of nitrogens with one attached hydrogen (secondary N) is 1. The van der Waals surface area contributed by atoms with Gasteiger partial charge in [0, 0.05) is 12.0 Å². The van der Waals surface area contributed by atoms with Crippen molar-refractivity contribution in [2.24, 2.45) is 5.92 Å². The van der Waals surface area contributed by atoms with E-state index in [1.54, 1.807) is 6.07 Å². The van der Waals surface area contributed by atoms with Gasteiger partial charge in [0.25, 0.3) is 5.91 Å². The van der Waals surface area contributed by atoms with Gasteiger partial charge in [-0.3, -0.25) is 9.59 Å². The molecular weight excluding hydrogens is 458 g/mol. The summed E-state index contributed by atoms with van der Waals surface area (Å²) >= 11 is 0. The molecule has 4 rings (SSSR count). The van der Waals surface area contributed by atoms with Crippen LogP contribution >= 0.6 is 0 Å². The number of fused-ring (bicyclic) bond motifs is 1. The van der Waals surface area contributed by atoms with Gasteiger partial charge in [-0.1, -0.05) is 50.2 Å². The molecule has 0 saturated heterocycles. The zero-order chi connectivity index (χ0) is 25.5. The molecule has 1 heterocycles. The van der Waals surface area contributed by atoms with E-state index in [1.807, 2.05) is 60.7 Å². The van der Waals surface area contributed by atoms with Gasteiger partial charge in [-0.15, -0.1) is 0 Å². The number of hydrogen-bond donors (Lipinski definition) is 2. The predicted octanol–water partition coefficient (Wildman–Crippen LogP) is 5.53. The van der Waals surface area contributed by atoms with Gasteiger partial charge < -0.3 is 24.6 Å². The van der Waals surface area contributed by atoms with Crippen LogP contribution < -0.4 is 19.5 Å². The molecular formula is C29H31NO6. The van der Waals surface area contributed by atoms with Crippen molar-refractivity contribution in [1.82, 2.24) is 5.32 Å². The maximum atomic E-state index is 13.6. The number of carbonyl (C=O) groups is 2. The lowest BCUT2D eigenvalue weighted by Gasteiger charge is -2.22. The normalized spacial score (nSPS) is 12.9. The Kier molecular flexibility index (Phi) is 8.10. The molecule has 7 heteroatoms. The van der Waals surface area contributed by atoms with E-state index in [0.29, 0.717) is 35.2 Å². The quantitative estimate of drug-likeness (QED) is 0.368. The van der Waals surface area contributed by atoms with Crippen molar-refractivity contribution in [3.8, 4) is 17.2 Å². The number of carboxylic acid groups (broad SMARTS) is 1. The molecule has 188 valence electrons. The zero-order valence-electron chi connectivity index (χ0n) is 20.5.